The fraction of sp³-hybridized carbons (Fsp3) is 0.167. The first-order valence-corrected chi connectivity index (χ1v) is 6.94. The SMILES string of the molecule is CCCOc1cccc(C(=CC(=O)O)c2ccccc2)c1. The Morgan fingerprint density at radius 2 is 1.81 bits per heavy atom. The van der Waals surface area contributed by atoms with Gasteiger partial charge in [-0.05, 0) is 35.3 Å². The van der Waals surface area contributed by atoms with Crippen LogP contribution in [0.2, 0.25) is 0 Å². The molecule has 0 unspecified atom stereocenters. The van der Waals surface area contributed by atoms with Gasteiger partial charge in [-0.15, -0.1) is 0 Å². The summed E-state index contributed by atoms with van der Waals surface area (Å²) >= 11 is 0. The Labute approximate surface area is 124 Å². The van der Waals surface area contributed by atoms with Crippen molar-refractivity contribution in [1.82, 2.24) is 0 Å². The fourth-order valence-electron chi connectivity index (χ4n) is 2.05. The molecule has 0 saturated carbocycles. The van der Waals surface area contributed by atoms with Crippen LogP contribution in [0, 0.1) is 0 Å². The first-order chi connectivity index (χ1) is 10.2. The van der Waals surface area contributed by atoms with Crippen molar-refractivity contribution in [3.8, 4) is 5.75 Å². The predicted molar refractivity (Wildman–Crippen MR) is 83.4 cm³/mol. The van der Waals surface area contributed by atoms with Gasteiger partial charge in [0.2, 0.25) is 0 Å². The number of hydrogen-bond donors (Lipinski definition) is 1. The average Bonchev–Trinajstić information content (AvgIpc) is 2.51. The summed E-state index contributed by atoms with van der Waals surface area (Å²) in [5.41, 5.74) is 2.37. The topological polar surface area (TPSA) is 46.5 Å². The van der Waals surface area contributed by atoms with E-state index in [-0.39, 0.29) is 0 Å². The van der Waals surface area contributed by atoms with E-state index in [1.807, 2.05) is 61.5 Å². The molecule has 0 aliphatic rings. The molecule has 0 saturated heterocycles. The van der Waals surface area contributed by atoms with Crippen molar-refractivity contribution in [2.75, 3.05) is 6.61 Å². The molecule has 0 heterocycles. The molecule has 3 nitrogen and oxygen atoms in total. The lowest BCUT2D eigenvalue weighted by molar-refractivity contribution is -0.131. The number of rotatable bonds is 6. The van der Waals surface area contributed by atoms with Crippen LogP contribution in [0.15, 0.2) is 60.7 Å². The van der Waals surface area contributed by atoms with Gasteiger partial charge in [0.1, 0.15) is 5.75 Å². The Morgan fingerprint density at radius 1 is 1.10 bits per heavy atom. The number of hydrogen-bond acceptors (Lipinski definition) is 2. The Bertz CT molecular complexity index is 630. The van der Waals surface area contributed by atoms with Crippen LogP contribution < -0.4 is 4.74 Å². The smallest absolute Gasteiger partial charge is 0.328 e. The lowest BCUT2D eigenvalue weighted by Crippen LogP contribution is -1.97. The predicted octanol–water partition coefficient (Wildman–Crippen LogP) is 3.99. The summed E-state index contributed by atoms with van der Waals surface area (Å²) in [6, 6.07) is 17.0. The molecule has 0 aliphatic heterocycles. The molecule has 0 amide bonds. The van der Waals surface area contributed by atoms with E-state index in [1.54, 1.807) is 0 Å². The van der Waals surface area contributed by atoms with E-state index in [9.17, 15) is 4.79 Å². The molecule has 0 atom stereocenters. The normalized spacial score (nSPS) is 11.2. The lowest BCUT2D eigenvalue weighted by atomic mass is 9.97. The molecular weight excluding hydrogens is 264 g/mol. The zero-order valence-electron chi connectivity index (χ0n) is 12.0. The van der Waals surface area contributed by atoms with Crippen LogP contribution >= 0.6 is 0 Å². The van der Waals surface area contributed by atoms with Gasteiger partial charge in [-0.25, -0.2) is 4.79 Å². The summed E-state index contributed by atoms with van der Waals surface area (Å²) in [7, 11) is 0. The van der Waals surface area contributed by atoms with Crippen molar-refractivity contribution in [3.63, 3.8) is 0 Å². The Hall–Kier alpha value is -2.55. The number of carboxylic acids is 1. The van der Waals surface area contributed by atoms with Crippen LogP contribution in [0.5, 0.6) is 5.75 Å². The summed E-state index contributed by atoms with van der Waals surface area (Å²) in [4.78, 5) is 11.1. The Morgan fingerprint density at radius 3 is 2.48 bits per heavy atom. The van der Waals surface area contributed by atoms with Crippen molar-refractivity contribution in [1.29, 1.82) is 0 Å². The van der Waals surface area contributed by atoms with Crippen LogP contribution in [-0.4, -0.2) is 17.7 Å². The van der Waals surface area contributed by atoms with Crippen LogP contribution in [0.3, 0.4) is 0 Å². The maximum Gasteiger partial charge on any atom is 0.328 e. The number of carboxylic acid groups (broad SMARTS) is 1. The fourth-order valence-corrected chi connectivity index (χ4v) is 2.05. The second kappa shape index (κ2) is 7.29. The highest BCUT2D eigenvalue weighted by atomic mass is 16.5. The van der Waals surface area contributed by atoms with Gasteiger partial charge < -0.3 is 9.84 Å². The van der Waals surface area contributed by atoms with E-state index in [0.717, 1.165) is 23.3 Å². The average molecular weight is 282 g/mol. The minimum absolute atomic E-state index is 0.646. The molecule has 0 aromatic heterocycles. The van der Waals surface area contributed by atoms with Crippen molar-refractivity contribution in [2.24, 2.45) is 0 Å². The molecule has 2 aromatic carbocycles. The van der Waals surface area contributed by atoms with E-state index < -0.39 is 5.97 Å². The van der Waals surface area contributed by atoms with Gasteiger partial charge in [-0.1, -0.05) is 49.4 Å². The third-order valence-electron chi connectivity index (χ3n) is 2.97. The Kier molecular flexibility index (Phi) is 5.16. The summed E-state index contributed by atoms with van der Waals surface area (Å²) < 4.78 is 5.61. The van der Waals surface area contributed by atoms with Crippen molar-refractivity contribution in [3.05, 3.63) is 71.8 Å². The molecule has 0 fully saturated rings. The van der Waals surface area contributed by atoms with Gasteiger partial charge in [-0.3, -0.25) is 0 Å². The molecular formula is C18H18O3. The summed E-state index contributed by atoms with van der Waals surface area (Å²) in [5.74, 6) is -0.213. The van der Waals surface area contributed by atoms with Gasteiger partial charge in [0, 0.05) is 6.08 Å². The maximum absolute atomic E-state index is 11.1. The molecule has 3 heteroatoms. The third-order valence-corrected chi connectivity index (χ3v) is 2.97. The minimum atomic E-state index is -0.964. The van der Waals surface area contributed by atoms with E-state index in [4.69, 9.17) is 9.84 Å². The first kappa shape index (κ1) is 14.9. The standard InChI is InChI=1S/C18H18O3/c1-2-11-21-16-10-6-9-15(12-16)17(13-18(19)20)14-7-4-3-5-8-14/h3-10,12-13H,2,11H2,1H3,(H,19,20). The molecule has 2 rings (SSSR count). The quantitative estimate of drug-likeness (QED) is 0.815. The van der Waals surface area contributed by atoms with Crippen LogP contribution in [0.4, 0.5) is 0 Å². The summed E-state index contributed by atoms with van der Waals surface area (Å²) in [6.07, 6.45) is 2.16. The molecule has 0 bridgehead atoms. The molecule has 1 N–H and O–H groups in total. The van der Waals surface area contributed by atoms with Crippen molar-refractivity contribution >= 4 is 11.5 Å². The highest BCUT2D eigenvalue weighted by Crippen LogP contribution is 2.26. The third kappa shape index (κ3) is 4.21. The first-order valence-electron chi connectivity index (χ1n) is 6.94. The highest BCUT2D eigenvalue weighted by Gasteiger charge is 2.08. The number of benzene rings is 2. The van der Waals surface area contributed by atoms with Gasteiger partial charge >= 0.3 is 5.97 Å². The van der Waals surface area contributed by atoms with E-state index in [1.165, 1.54) is 6.08 Å². The molecule has 0 radical (unpaired) electrons. The van der Waals surface area contributed by atoms with Crippen molar-refractivity contribution < 1.29 is 14.6 Å². The zero-order valence-corrected chi connectivity index (χ0v) is 12.0. The second-order valence-corrected chi connectivity index (χ2v) is 4.64. The summed E-state index contributed by atoms with van der Waals surface area (Å²) in [5, 5.41) is 9.11. The molecule has 21 heavy (non-hydrogen) atoms. The van der Waals surface area contributed by atoms with E-state index >= 15 is 0 Å². The maximum atomic E-state index is 11.1. The molecule has 108 valence electrons. The Balaban J connectivity index is 2.40. The second-order valence-electron chi connectivity index (χ2n) is 4.64. The largest absolute Gasteiger partial charge is 0.494 e. The van der Waals surface area contributed by atoms with Gasteiger partial charge in [0.05, 0.1) is 6.61 Å². The zero-order chi connectivity index (χ0) is 15.1. The molecule has 0 aliphatic carbocycles. The molecule has 0 spiro atoms. The van der Waals surface area contributed by atoms with Gasteiger partial charge in [-0.2, -0.15) is 0 Å². The monoisotopic (exact) mass is 282 g/mol. The van der Waals surface area contributed by atoms with Gasteiger partial charge in [0.15, 0.2) is 0 Å². The van der Waals surface area contributed by atoms with Crippen molar-refractivity contribution in [2.45, 2.75) is 13.3 Å². The van der Waals surface area contributed by atoms with Crippen LogP contribution in [-0.2, 0) is 4.79 Å². The van der Waals surface area contributed by atoms with E-state index in [2.05, 4.69) is 0 Å². The molecule has 2 aromatic rings. The minimum Gasteiger partial charge on any atom is -0.494 e. The number of ether oxygens (including phenoxy) is 1. The van der Waals surface area contributed by atoms with E-state index in [0.29, 0.717) is 12.2 Å². The highest BCUT2D eigenvalue weighted by molar-refractivity contribution is 5.95. The summed E-state index contributed by atoms with van der Waals surface area (Å²) in [6.45, 7) is 2.69. The van der Waals surface area contributed by atoms with Crippen LogP contribution in [0.25, 0.3) is 5.57 Å². The number of carbonyl (C=O) groups is 1. The van der Waals surface area contributed by atoms with Crippen LogP contribution in [0.1, 0.15) is 24.5 Å². The number of aliphatic carboxylic acids is 1. The lowest BCUT2D eigenvalue weighted by Gasteiger charge is -2.10. The van der Waals surface area contributed by atoms with Gasteiger partial charge in [0.25, 0.3) is 0 Å².